The fourth-order valence-corrected chi connectivity index (χ4v) is 1.66. The summed E-state index contributed by atoms with van der Waals surface area (Å²) >= 11 is 5.66. The predicted octanol–water partition coefficient (Wildman–Crippen LogP) is 2.69. The van der Waals surface area contributed by atoms with Gasteiger partial charge in [-0.05, 0) is 26.0 Å². The van der Waals surface area contributed by atoms with E-state index in [1.54, 1.807) is 12.1 Å². The number of hydrogen-bond acceptors (Lipinski definition) is 4. The SMILES string of the molecule is CC(C)OCCOCC(O)CNc1cccc(Cl)c1F. The molecule has 0 spiro atoms. The molecule has 20 heavy (non-hydrogen) atoms. The Bertz CT molecular complexity index is 404. The van der Waals surface area contributed by atoms with Crippen LogP contribution in [-0.4, -0.2) is 43.7 Å². The molecular formula is C14H21ClFNO3. The van der Waals surface area contributed by atoms with E-state index in [4.69, 9.17) is 21.1 Å². The van der Waals surface area contributed by atoms with Crippen molar-refractivity contribution in [2.75, 3.05) is 31.7 Å². The Labute approximate surface area is 123 Å². The van der Waals surface area contributed by atoms with Crippen LogP contribution in [0.25, 0.3) is 0 Å². The summed E-state index contributed by atoms with van der Waals surface area (Å²) in [5, 5.41) is 12.5. The number of aliphatic hydroxyl groups is 1. The van der Waals surface area contributed by atoms with Crippen LogP contribution < -0.4 is 5.32 Å². The maximum Gasteiger partial charge on any atom is 0.164 e. The van der Waals surface area contributed by atoms with Crippen molar-refractivity contribution in [2.45, 2.75) is 26.1 Å². The molecule has 6 heteroatoms. The molecule has 1 rings (SSSR count). The normalized spacial score (nSPS) is 12.7. The van der Waals surface area contributed by atoms with Gasteiger partial charge in [0.2, 0.25) is 0 Å². The van der Waals surface area contributed by atoms with Crippen LogP contribution in [0.4, 0.5) is 10.1 Å². The lowest BCUT2D eigenvalue weighted by Crippen LogP contribution is -2.26. The molecule has 0 aromatic heterocycles. The van der Waals surface area contributed by atoms with Crippen LogP contribution in [0.15, 0.2) is 18.2 Å². The molecular weight excluding hydrogens is 285 g/mol. The number of anilines is 1. The summed E-state index contributed by atoms with van der Waals surface area (Å²) in [5.74, 6) is -0.521. The molecule has 0 aliphatic carbocycles. The van der Waals surface area contributed by atoms with Gasteiger partial charge in [-0.15, -0.1) is 0 Å². The van der Waals surface area contributed by atoms with E-state index in [-0.39, 0.29) is 30.0 Å². The Morgan fingerprint density at radius 1 is 1.35 bits per heavy atom. The van der Waals surface area contributed by atoms with Crippen molar-refractivity contribution < 1.29 is 19.0 Å². The average molecular weight is 306 g/mol. The third-order valence-electron chi connectivity index (χ3n) is 2.47. The zero-order valence-electron chi connectivity index (χ0n) is 11.7. The molecule has 0 radical (unpaired) electrons. The zero-order valence-corrected chi connectivity index (χ0v) is 12.5. The van der Waals surface area contributed by atoms with Gasteiger partial charge in [0.05, 0.1) is 42.7 Å². The maximum absolute atomic E-state index is 13.6. The quantitative estimate of drug-likeness (QED) is 0.689. The van der Waals surface area contributed by atoms with Gasteiger partial charge in [-0.25, -0.2) is 4.39 Å². The first-order chi connectivity index (χ1) is 9.50. The highest BCUT2D eigenvalue weighted by molar-refractivity contribution is 6.31. The van der Waals surface area contributed by atoms with Crippen LogP contribution in [0.3, 0.4) is 0 Å². The number of halogens is 2. The summed E-state index contributed by atoms with van der Waals surface area (Å²) in [6, 6.07) is 4.67. The van der Waals surface area contributed by atoms with Crippen LogP contribution in [0, 0.1) is 5.82 Å². The first-order valence-electron chi connectivity index (χ1n) is 6.56. The molecule has 1 aromatic carbocycles. The molecule has 4 nitrogen and oxygen atoms in total. The van der Waals surface area contributed by atoms with E-state index < -0.39 is 11.9 Å². The number of ether oxygens (including phenoxy) is 2. The summed E-state index contributed by atoms with van der Waals surface area (Å²) in [6.45, 7) is 5.14. The lowest BCUT2D eigenvalue weighted by molar-refractivity contribution is -0.00735. The fraction of sp³-hybridized carbons (Fsp3) is 0.571. The summed E-state index contributed by atoms with van der Waals surface area (Å²) in [5.41, 5.74) is 0.264. The van der Waals surface area contributed by atoms with Crippen LogP contribution >= 0.6 is 11.6 Å². The Morgan fingerprint density at radius 3 is 2.80 bits per heavy atom. The molecule has 0 heterocycles. The first kappa shape index (κ1) is 17.2. The van der Waals surface area contributed by atoms with Crippen molar-refractivity contribution in [3.05, 3.63) is 29.0 Å². The molecule has 114 valence electrons. The first-order valence-corrected chi connectivity index (χ1v) is 6.93. The molecule has 0 saturated carbocycles. The van der Waals surface area contributed by atoms with Crippen LogP contribution in [0.1, 0.15) is 13.8 Å². The molecule has 1 unspecified atom stereocenters. The van der Waals surface area contributed by atoms with Gasteiger partial charge in [0, 0.05) is 6.54 Å². The smallest absolute Gasteiger partial charge is 0.164 e. The van der Waals surface area contributed by atoms with E-state index >= 15 is 0 Å². The standard InChI is InChI=1S/C14H21ClFNO3/c1-10(2)20-7-6-19-9-11(18)8-17-13-5-3-4-12(15)14(13)16/h3-5,10-11,17-18H,6-9H2,1-2H3. The van der Waals surface area contributed by atoms with E-state index in [9.17, 15) is 9.50 Å². The number of rotatable bonds is 9. The van der Waals surface area contributed by atoms with Crippen LogP contribution in [-0.2, 0) is 9.47 Å². The second-order valence-electron chi connectivity index (χ2n) is 4.63. The third-order valence-corrected chi connectivity index (χ3v) is 2.76. The lowest BCUT2D eigenvalue weighted by atomic mass is 10.3. The highest BCUT2D eigenvalue weighted by Gasteiger charge is 2.08. The Kier molecular flexibility index (Phi) is 7.84. The van der Waals surface area contributed by atoms with Gasteiger partial charge in [0.15, 0.2) is 5.82 Å². The van der Waals surface area contributed by atoms with Crippen molar-refractivity contribution in [2.24, 2.45) is 0 Å². The molecule has 0 aliphatic heterocycles. The molecule has 0 bridgehead atoms. The number of aliphatic hydroxyl groups excluding tert-OH is 1. The summed E-state index contributed by atoms with van der Waals surface area (Å²) in [6.07, 6.45) is -0.566. The van der Waals surface area contributed by atoms with E-state index in [1.807, 2.05) is 13.8 Å². The van der Waals surface area contributed by atoms with Crippen molar-refractivity contribution >= 4 is 17.3 Å². The lowest BCUT2D eigenvalue weighted by Gasteiger charge is -2.14. The number of hydrogen-bond donors (Lipinski definition) is 2. The van der Waals surface area contributed by atoms with Gasteiger partial charge in [-0.3, -0.25) is 0 Å². The van der Waals surface area contributed by atoms with Gasteiger partial charge in [0.1, 0.15) is 0 Å². The molecule has 0 saturated heterocycles. The van der Waals surface area contributed by atoms with E-state index in [0.29, 0.717) is 13.2 Å². The van der Waals surface area contributed by atoms with Crippen LogP contribution in [0.2, 0.25) is 5.02 Å². The molecule has 0 fully saturated rings. The van der Waals surface area contributed by atoms with Crippen molar-refractivity contribution in [1.29, 1.82) is 0 Å². The summed E-state index contributed by atoms with van der Waals surface area (Å²) in [7, 11) is 0. The van der Waals surface area contributed by atoms with Crippen LogP contribution in [0.5, 0.6) is 0 Å². The Balaban J connectivity index is 2.19. The predicted molar refractivity (Wildman–Crippen MR) is 77.8 cm³/mol. The Hall–Kier alpha value is -0.880. The van der Waals surface area contributed by atoms with Gasteiger partial charge < -0.3 is 19.9 Å². The molecule has 0 aliphatic rings. The molecule has 2 N–H and O–H groups in total. The monoisotopic (exact) mass is 305 g/mol. The Morgan fingerprint density at radius 2 is 2.10 bits per heavy atom. The van der Waals surface area contributed by atoms with E-state index in [1.165, 1.54) is 6.07 Å². The van der Waals surface area contributed by atoms with Crippen molar-refractivity contribution in [3.63, 3.8) is 0 Å². The average Bonchev–Trinajstić information content (AvgIpc) is 2.39. The number of nitrogens with one attached hydrogen (secondary N) is 1. The largest absolute Gasteiger partial charge is 0.389 e. The topological polar surface area (TPSA) is 50.7 Å². The zero-order chi connectivity index (χ0) is 15.0. The minimum absolute atomic E-state index is 0.0478. The maximum atomic E-state index is 13.6. The highest BCUT2D eigenvalue weighted by Crippen LogP contribution is 2.21. The van der Waals surface area contributed by atoms with Gasteiger partial charge in [0.25, 0.3) is 0 Å². The number of benzene rings is 1. The second kappa shape index (κ2) is 9.13. The summed E-state index contributed by atoms with van der Waals surface area (Å²) < 4.78 is 24.1. The second-order valence-corrected chi connectivity index (χ2v) is 5.04. The van der Waals surface area contributed by atoms with E-state index in [0.717, 1.165) is 0 Å². The van der Waals surface area contributed by atoms with Crippen molar-refractivity contribution in [3.8, 4) is 0 Å². The highest BCUT2D eigenvalue weighted by atomic mass is 35.5. The fourth-order valence-electron chi connectivity index (χ4n) is 1.49. The minimum Gasteiger partial charge on any atom is -0.389 e. The van der Waals surface area contributed by atoms with Gasteiger partial charge in [-0.1, -0.05) is 17.7 Å². The minimum atomic E-state index is -0.729. The van der Waals surface area contributed by atoms with Gasteiger partial charge >= 0.3 is 0 Å². The molecule has 1 atom stereocenters. The summed E-state index contributed by atoms with van der Waals surface area (Å²) in [4.78, 5) is 0. The molecule has 0 amide bonds. The molecule has 1 aromatic rings. The van der Waals surface area contributed by atoms with Gasteiger partial charge in [-0.2, -0.15) is 0 Å². The van der Waals surface area contributed by atoms with E-state index in [2.05, 4.69) is 5.32 Å². The van der Waals surface area contributed by atoms with Crippen molar-refractivity contribution in [1.82, 2.24) is 0 Å². The third kappa shape index (κ3) is 6.52.